The van der Waals surface area contributed by atoms with E-state index in [0.717, 1.165) is 55.3 Å². The molecule has 3 fully saturated rings. The van der Waals surface area contributed by atoms with Gasteiger partial charge < -0.3 is 24.8 Å². The molecule has 0 radical (unpaired) electrons. The van der Waals surface area contributed by atoms with Gasteiger partial charge in [-0.2, -0.15) is 0 Å². The molecule has 9 nitrogen and oxygen atoms in total. The summed E-state index contributed by atoms with van der Waals surface area (Å²) < 4.78 is 32.3. The Morgan fingerprint density at radius 2 is 2.00 bits per heavy atom. The number of halogens is 1. The van der Waals surface area contributed by atoms with E-state index in [1.54, 1.807) is 13.2 Å². The number of pyridine rings is 3. The van der Waals surface area contributed by atoms with Crippen LogP contribution in [0.4, 0.5) is 10.2 Å². The highest BCUT2D eigenvalue weighted by Gasteiger charge is 2.49. The molecule has 1 saturated carbocycles. The molecule has 3 aromatic heterocycles. The number of aromatic nitrogens is 3. The number of anilines is 1. The Kier molecular flexibility index (Phi) is 6.63. The number of carbonyl (C=O) groups excluding carboxylic acids is 1. The van der Waals surface area contributed by atoms with Crippen LogP contribution in [0.3, 0.4) is 0 Å². The summed E-state index contributed by atoms with van der Waals surface area (Å²) in [5, 5.41) is 6.61. The minimum Gasteiger partial charge on any atom is -0.481 e. The lowest BCUT2D eigenvalue weighted by Gasteiger charge is -2.53. The molecule has 3 aliphatic heterocycles. The Labute approximate surface area is 226 Å². The summed E-state index contributed by atoms with van der Waals surface area (Å²) in [4.78, 5) is 25.3. The summed E-state index contributed by atoms with van der Waals surface area (Å²) in [7, 11) is 1.55. The highest BCUT2D eigenvalue weighted by molar-refractivity contribution is 5.94. The van der Waals surface area contributed by atoms with Crippen LogP contribution in [0.5, 0.6) is 11.6 Å². The van der Waals surface area contributed by atoms with Crippen LogP contribution in [0, 0.1) is 12.7 Å². The molecule has 3 aromatic rings. The molecular weight excluding hydrogens is 501 g/mol. The summed E-state index contributed by atoms with van der Waals surface area (Å²) >= 11 is 0. The molecule has 6 heterocycles. The Morgan fingerprint density at radius 3 is 2.72 bits per heavy atom. The van der Waals surface area contributed by atoms with Gasteiger partial charge in [0.2, 0.25) is 5.88 Å². The molecule has 7 rings (SSSR count). The third-order valence-electron chi connectivity index (χ3n) is 8.75. The number of fused-ring (bicyclic) bond motifs is 5. The Hall–Kier alpha value is -3.37. The molecule has 2 N–H and O–H groups in total. The Balaban J connectivity index is 1.14. The van der Waals surface area contributed by atoms with Gasteiger partial charge in [-0.1, -0.05) is 6.92 Å². The van der Waals surface area contributed by atoms with E-state index >= 15 is 0 Å². The number of aryl methyl sites for hydroxylation is 1. The summed E-state index contributed by atoms with van der Waals surface area (Å²) in [6, 6.07) is 3.55. The molecule has 2 bridgehead atoms. The first-order valence-corrected chi connectivity index (χ1v) is 13.7. The second-order valence-electron chi connectivity index (χ2n) is 10.9. The second-order valence-corrected chi connectivity index (χ2v) is 10.9. The minimum absolute atomic E-state index is 0.0210. The summed E-state index contributed by atoms with van der Waals surface area (Å²) in [6.45, 7) is 5.35. The van der Waals surface area contributed by atoms with Crippen molar-refractivity contribution in [1.82, 2.24) is 20.3 Å². The van der Waals surface area contributed by atoms with Crippen molar-refractivity contribution in [1.29, 1.82) is 0 Å². The van der Waals surface area contributed by atoms with E-state index in [9.17, 15) is 9.18 Å². The topological polar surface area (TPSA) is 107 Å². The summed E-state index contributed by atoms with van der Waals surface area (Å²) in [5.41, 5.74) is 4.49. The molecule has 0 unspecified atom stereocenters. The Morgan fingerprint density at radius 1 is 1.18 bits per heavy atom. The van der Waals surface area contributed by atoms with Crippen molar-refractivity contribution in [3.63, 3.8) is 0 Å². The largest absolute Gasteiger partial charge is 0.481 e. The predicted molar refractivity (Wildman–Crippen MR) is 144 cm³/mol. The van der Waals surface area contributed by atoms with Crippen molar-refractivity contribution in [2.24, 2.45) is 0 Å². The zero-order valence-corrected chi connectivity index (χ0v) is 22.7. The Bertz CT molecular complexity index is 1420. The maximum atomic E-state index is 14.9. The molecule has 10 heteroatoms. The molecule has 39 heavy (non-hydrogen) atoms. The zero-order chi connectivity index (χ0) is 27.2. The molecule has 206 valence electrons. The summed E-state index contributed by atoms with van der Waals surface area (Å²) in [5.74, 6) is 1.09. The van der Waals surface area contributed by atoms with E-state index in [2.05, 4.69) is 27.5 Å². The fourth-order valence-electron chi connectivity index (χ4n) is 6.33. The number of amides is 1. The third-order valence-corrected chi connectivity index (χ3v) is 8.75. The van der Waals surface area contributed by atoms with Crippen LogP contribution in [0.1, 0.15) is 61.4 Å². The van der Waals surface area contributed by atoms with E-state index in [1.807, 2.05) is 13.0 Å². The monoisotopic (exact) mass is 535 g/mol. The normalized spacial score (nSPS) is 23.8. The van der Waals surface area contributed by atoms with Crippen LogP contribution >= 0.6 is 0 Å². The molecule has 4 aliphatic rings. The van der Waals surface area contributed by atoms with Gasteiger partial charge in [-0.25, -0.2) is 14.4 Å². The lowest BCUT2D eigenvalue weighted by molar-refractivity contribution is -0.165. The number of nitrogens with one attached hydrogen (secondary N) is 2. The summed E-state index contributed by atoms with van der Waals surface area (Å²) in [6.07, 6.45) is 7.12. The van der Waals surface area contributed by atoms with Crippen molar-refractivity contribution >= 4 is 22.8 Å². The van der Waals surface area contributed by atoms with Crippen molar-refractivity contribution in [2.75, 3.05) is 25.6 Å². The van der Waals surface area contributed by atoms with Crippen molar-refractivity contribution in [2.45, 2.75) is 76.5 Å². The molecular formula is C29H34FN5O4. The number of carbonyl (C=O) groups is 1. The molecule has 0 aromatic carbocycles. The van der Waals surface area contributed by atoms with Crippen molar-refractivity contribution < 1.29 is 23.4 Å². The van der Waals surface area contributed by atoms with Crippen molar-refractivity contribution in [3.05, 3.63) is 46.5 Å². The van der Waals surface area contributed by atoms with Crippen LogP contribution in [0.25, 0.3) is 11.0 Å². The van der Waals surface area contributed by atoms with Crippen LogP contribution < -0.4 is 20.1 Å². The fourth-order valence-corrected chi connectivity index (χ4v) is 6.33. The number of rotatable bonds is 8. The van der Waals surface area contributed by atoms with Crippen LogP contribution in [-0.4, -0.2) is 52.3 Å². The van der Waals surface area contributed by atoms with Gasteiger partial charge in [0.15, 0.2) is 18.2 Å². The van der Waals surface area contributed by atoms with Gasteiger partial charge in [-0.3, -0.25) is 9.78 Å². The van der Waals surface area contributed by atoms with Crippen LogP contribution in [0.15, 0.2) is 18.3 Å². The van der Waals surface area contributed by atoms with Gasteiger partial charge >= 0.3 is 0 Å². The van der Waals surface area contributed by atoms with Crippen molar-refractivity contribution in [3.8, 4) is 11.6 Å². The average Bonchev–Trinajstić information content (AvgIpc) is 2.96. The fraction of sp³-hybridized carbons (Fsp3) is 0.517. The number of hydrogen-bond acceptors (Lipinski definition) is 8. The quantitative estimate of drug-likeness (QED) is 0.443. The third kappa shape index (κ3) is 4.69. The molecule has 0 atom stereocenters. The maximum absolute atomic E-state index is 14.9. The van der Waals surface area contributed by atoms with Gasteiger partial charge in [0.05, 0.1) is 42.2 Å². The molecule has 1 amide bonds. The number of nitrogens with zero attached hydrogens (tertiary/aromatic N) is 3. The van der Waals surface area contributed by atoms with E-state index in [-0.39, 0.29) is 29.5 Å². The standard InChI is InChI=1S/C29H34FN5O4/c1-4-18-17(2)26-27(34-23(36)15-38-26)33-22(18)14-32-28-9-11-29(12-10-28,39-16-28)8-7-19-20(30)13-31-21-5-6-24(37-3)35-25(19)21/h5-6,13,32H,4,7-12,14-16H2,1-3H3,(H,33,34,36). The first-order chi connectivity index (χ1) is 18.8. The molecule has 0 spiro atoms. The van der Waals surface area contributed by atoms with E-state index < -0.39 is 0 Å². The maximum Gasteiger partial charge on any atom is 0.263 e. The zero-order valence-electron chi connectivity index (χ0n) is 22.7. The first kappa shape index (κ1) is 25.9. The predicted octanol–water partition coefficient (Wildman–Crippen LogP) is 4.18. The number of hydrogen-bond donors (Lipinski definition) is 2. The molecule has 2 saturated heterocycles. The lowest BCUT2D eigenvalue weighted by atomic mass is 9.69. The average molecular weight is 536 g/mol. The second kappa shape index (κ2) is 9.98. The smallest absolute Gasteiger partial charge is 0.263 e. The van der Waals surface area contributed by atoms with Gasteiger partial charge in [-0.05, 0) is 69.1 Å². The van der Waals surface area contributed by atoms with E-state index in [1.165, 1.54) is 6.20 Å². The van der Waals surface area contributed by atoms with Gasteiger partial charge in [0, 0.05) is 23.7 Å². The SMILES string of the molecule is CCc1c(CNC23CCC(CCc4c(F)cnc5ccc(OC)nc45)(CC2)OC3)nc2c(c1C)OCC(=O)N2. The first-order valence-electron chi connectivity index (χ1n) is 13.7. The number of ether oxygens (including phenoxy) is 3. The molecule has 1 aliphatic carbocycles. The van der Waals surface area contributed by atoms with Gasteiger partial charge in [0.1, 0.15) is 5.82 Å². The minimum atomic E-state index is -0.344. The van der Waals surface area contributed by atoms with Crippen LogP contribution in [0.2, 0.25) is 0 Å². The van der Waals surface area contributed by atoms with E-state index in [4.69, 9.17) is 19.2 Å². The van der Waals surface area contributed by atoms with Gasteiger partial charge in [-0.15, -0.1) is 0 Å². The van der Waals surface area contributed by atoms with Gasteiger partial charge in [0.25, 0.3) is 5.91 Å². The lowest BCUT2D eigenvalue weighted by Crippen LogP contribution is -2.61. The van der Waals surface area contributed by atoms with E-state index in [0.29, 0.717) is 53.6 Å². The highest BCUT2D eigenvalue weighted by atomic mass is 19.1. The number of methoxy groups -OCH3 is 1. The van der Waals surface area contributed by atoms with Crippen LogP contribution in [-0.2, 0) is 28.9 Å². The highest BCUT2D eigenvalue weighted by Crippen LogP contribution is 2.46.